The lowest BCUT2D eigenvalue weighted by Crippen LogP contribution is -2.25. The number of para-hydroxylation sites is 1. The van der Waals surface area contributed by atoms with Crippen LogP contribution in [0.5, 0.6) is 11.5 Å². The van der Waals surface area contributed by atoms with Gasteiger partial charge < -0.3 is 20.1 Å². The largest absolute Gasteiger partial charge is 0.483 e. The van der Waals surface area contributed by atoms with Crippen LogP contribution in [0.15, 0.2) is 52.9 Å². The van der Waals surface area contributed by atoms with E-state index < -0.39 is 0 Å². The molecular formula is C24H25N3O4S2. The Labute approximate surface area is 200 Å². The van der Waals surface area contributed by atoms with Crippen molar-refractivity contribution < 1.29 is 19.1 Å². The molecule has 0 spiro atoms. The van der Waals surface area contributed by atoms with Crippen molar-refractivity contribution in [3.63, 3.8) is 0 Å². The molecule has 4 rings (SSSR count). The van der Waals surface area contributed by atoms with Gasteiger partial charge in [-0.15, -0.1) is 0 Å². The number of ether oxygens (including phenoxy) is 2. The summed E-state index contributed by atoms with van der Waals surface area (Å²) in [7, 11) is 1.60. The Balaban J connectivity index is 1.47. The van der Waals surface area contributed by atoms with E-state index in [1.807, 2.05) is 62.4 Å². The summed E-state index contributed by atoms with van der Waals surface area (Å²) >= 11 is 2.67. The summed E-state index contributed by atoms with van der Waals surface area (Å²) in [6.07, 6.45) is 0.795. The molecule has 9 heteroatoms. The van der Waals surface area contributed by atoms with Crippen LogP contribution in [-0.4, -0.2) is 41.8 Å². The van der Waals surface area contributed by atoms with E-state index in [2.05, 4.69) is 15.6 Å². The number of aromatic nitrogens is 1. The fraction of sp³-hybridized carbons (Fsp3) is 0.292. The van der Waals surface area contributed by atoms with Crippen LogP contribution in [-0.2, 0) is 16.0 Å². The van der Waals surface area contributed by atoms with Crippen LogP contribution in [0, 0.1) is 0 Å². The zero-order valence-corrected chi connectivity index (χ0v) is 20.3. The number of thiazole rings is 1. The number of amides is 2. The molecule has 1 aliphatic rings. The van der Waals surface area contributed by atoms with Gasteiger partial charge in [0.15, 0.2) is 22.4 Å². The molecule has 1 aliphatic heterocycles. The van der Waals surface area contributed by atoms with E-state index in [-0.39, 0.29) is 29.8 Å². The average molecular weight is 484 g/mol. The molecule has 0 fully saturated rings. The third kappa shape index (κ3) is 5.66. The number of nitrogens with zero attached hydrogens (tertiary/aromatic N) is 1. The molecule has 3 aromatic rings. The van der Waals surface area contributed by atoms with Crippen molar-refractivity contribution >= 4 is 39.9 Å². The number of carbonyl (C=O) groups is 2. The van der Waals surface area contributed by atoms with Crippen LogP contribution in [0.2, 0.25) is 0 Å². The van der Waals surface area contributed by atoms with Crippen molar-refractivity contribution in [1.29, 1.82) is 0 Å². The van der Waals surface area contributed by atoms with Crippen molar-refractivity contribution in [2.45, 2.75) is 30.2 Å². The molecule has 1 aromatic heterocycles. The van der Waals surface area contributed by atoms with Crippen LogP contribution in [0.4, 0.5) is 5.00 Å². The smallest absolute Gasteiger partial charge is 0.262 e. The second kappa shape index (κ2) is 9.84. The lowest BCUT2D eigenvalue weighted by molar-refractivity contribution is -0.118. The Morgan fingerprint density at radius 3 is 2.70 bits per heavy atom. The molecule has 33 heavy (non-hydrogen) atoms. The number of fused-ring (bicyclic) bond motifs is 1. The number of hydrogen-bond donors (Lipinski definition) is 2. The Hall–Kier alpha value is -3.04. The molecule has 172 valence electrons. The molecule has 2 N–H and O–H groups in total. The van der Waals surface area contributed by atoms with Crippen molar-refractivity contribution in [1.82, 2.24) is 10.3 Å². The van der Waals surface area contributed by atoms with Gasteiger partial charge in [0.2, 0.25) is 5.91 Å². The maximum atomic E-state index is 12.7. The zero-order valence-electron chi connectivity index (χ0n) is 18.6. The van der Waals surface area contributed by atoms with Gasteiger partial charge in [0.05, 0.1) is 5.75 Å². The number of nitrogens with one attached hydrogen (secondary N) is 2. The van der Waals surface area contributed by atoms with E-state index in [9.17, 15) is 9.59 Å². The summed E-state index contributed by atoms with van der Waals surface area (Å²) < 4.78 is 12.5. The predicted molar refractivity (Wildman–Crippen MR) is 131 cm³/mol. The van der Waals surface area contributed by atoms with E-state index >= 15 is 0 Å². The van der Waals surface area contributed by atoms with Crippen molar-refractivity contribution in [2.24, 2.45) is 0 Å². The topological polar surface area (TPSA) is 89.6 Å². The Morgan fingerprint density at radius 1 is 1.15 bits per heavy atom. The van der Waals surface area contributed by atoms with Gasteiger partial charge in [-0.1, -0.05) is 65.6 Å². The number of benzene rings is 2. The highest BCUT2D eigenvalue weighted by Crippen LogP contribution is 2.42. The van der Waals surface area contributed by atoms with Crippen molar-refractivity contribution in [2.75, 3.05) is 24.7 Å². The molecule has 0 unspecified atom stereocenters. The lowest BCUT2D eigenvalue weighted by atomic mass is 10.0. The second-order valence-electron chi connectivity index (χ2n) is 8.11. The van der Waals surface area contributed by atoms with Gasteiger partial charge >= 0.3 is 0 Å². The fourth-order valence-corrected chi connectivity index (χ4v) is 5.40. The Morgan fingerprint density at radius 2 is 1.94 bits per heavy atom. The minimum Gasteiger partial charge on any atom is -0.483 e. The highest BCUT2D eigenvalue weighted by atomic mass is 32.2. The first kappa shape index (κ1) is 23.1. The maximum Gasteiger partial charge on any atom is 0.262 e. The fourth-order valence-electron chi connectivity index (χ4n) is 3.45. The molecule has 0 aliphatic carbocycles. The van der Waals surface area contributed by atoms with Crippen molar-refractivity contribution in [3.8, 4) is 22.8 Å². The van der Waals surface area contributed by atoms with E-state index in [1.165, 1.54) is 23.1 Å². The van der Waals surface area contributed by atoms with Crippen LogP contribution in [0.3, 0.4) is 0 Å². The maximum absolute atomic E-state index is 12.7. The summed E-state index contributed by atoms with van der Waals surface area (Å²) in [6, 6.07) is 15.3. The van der Waals surface area contributed by atoms with Gasteiger partial charge in [0.25, 0.3) is 5.91 Å². The molecule has 0 saturated heterocycles. The first-order chi connectivity index (χ1) is 15.8. The van der Waals surface area contributed by atoms with Gasteiger partial charge in [-0.05, 0) is 19.9 Å². The minimum absolute atomic E-state index is 0.0868. The summed E-state index contributed by atoms with van der Waals surface area (Å²) in [5.41, 5.74) is 2.33. The molecule has 0 atom stereocenters. The van der Waals surface area contributed by atoms with E-state index in [4.69, 9.17) is 9.47 Å². The summed E-state index contributed by atoms with van der Waals surface area (Å²) in [5, 5.41) is 6.13. The average Bonchev–Trinajstić information content (AvgIpc) is 3.35. The number of anilines is 1. The number of carbonyl (C=O) groups excluding carboxylic acids is 2. The Bertz CT molecular complexity index is 1160. The third-order valence-corrected chi connectivity index (χ3v) is 7.04. The standard InChI is InChI=1S/C24H25N3O4S2/c1-24(2)12-16-10-7-11-17(21(16)31-24)30-13-18(28)26-22-20(15-8-5-4-6-9-15)27-23(33-22)32-14-19(29)25-3/h4-11H,12-14H2,1-3H3,(H,25,29)(H,26,28). The van der Waals surface area contributed by atoms with Crippen LogP contribution in [0.1, 0.15) is 19.4 Å². The molecule has 0 bridgehead atoms. The molecule has 2 aromatic carbocycles. The van der Waals surface area contributed by atoms with Crippen LogP contribution < -0.4 is 20.1 Å². The molecular weight excluding hydrogens is 458 g/mol. The lowest BCUT2D eigenvalue weighted by Gasteiger charge is -2.18. The second-order valence-corrected chi connectivity index (χ2v) is 10.3. The third-order valence-electron chi connectivity index (χ3n) is 4.93. The molecule has 7 nitrogen and oxygen atoms in total. The predicted octanol–water partition coefficient (Wildman–Crippen LogP) is 4.38. The van der Waals surface area contributed by atoms with Crippen LogP contribution >= 0.6 is 23.1 Å². The van der Waals surface area contributed by atoms with Gasteiger partial charge in [-0.2, -0.15) is 0 Å². The van der Waals surface area contributed by atoms with Crippen LogP contribution in [0.25, 0.3) is 11.3 Å². The first-order valence-corrected chi connectivity index (χ1v) is 12.3. The molecule has 0 saturated carbocycles. The normalized spacial score (nSPS) is 13.7. The first-order valence-electron chi connectivity index (χ1n) is 10.5. The number of hydrogen-bond acceptors (Lipinski definition) is 7. The van der Waals surface area contributed by atoms with Gasteiger partial charge in [-0.25, -0.2) is 4.98 Å². The van der Waals surface area contributed by atoms with Gasteiger partial charge in [0, 0.05) is 24.6 Å². The monoisotopic (exact) mass is 483 g/mol. The zero-order chi connectivity index (χ0) is 23.4. The summed E-state index contributed by atoms with van der Waals surface area (Å²) in [4.78, 5) is 29.0. The number of rotatable bonds is 8. The van der Waals surface area contributed by atoms with Gasteiger partial charge in [-0.3, -0.25) is 9.59 Å². The Kier molecular flexibility index (Phi) is 6.90. The van der Waals surface area contributed by atoms with E-state index in [0.29, 0.717) is 26.5 Å². The van der Waals surface area contributed by atoms with E-state index in [1.54, 1.807) is 7.05 Å². The van der Waals surface area contributed by atoms with Gasteiger partial charge in [0.1, 0.15) is 16.3 Å². The van der Waals surface area contributed by atoms with E-state index in [0.717, 1.165) is 17.5 Å². The molecule has 2 heterocycles. The number of thioether (sulfide) groups is 1. The summed E-state index contributed by atoms with van der Waals surface area (Å²) in [6.45, 7) is 3.89. The highest BCUT2D eigenvalue weighted by Gasteiger charge is 2.32. The van der Waals surface area contributed by atoms with Crippen molar-refractivity contribution in [3.05, 3.63) is 54.1 Å². The molecule has 0 radical (unpaired) electrons. The minimum atomic E-state index is -0.298. The quantitative estimate of drug-likeness (QED) is 0.462. The summed E-state index contributed by atoms with van der Waals surface area (Å²) in [5.74, 6) is 1.13. The SMILES string of the molecule is CNC(=O)CSc1nc(-c2ccccc2)c(NC(=O)COc2cccc3c2OC(C)(C)C3)s1. The highest BCUT2D eigenvalue weighted by molar-refractivity contribution is 8.01. The molecule has 2 amide bonds.